The molecule has 1 aliphatic rings. The maximum absolute atomic E-state index is 14.4. The maximum atomic E-state index is 14.4. The molecule has 0 spiro atoms. The topological polar surface area (TPSA) is 351 Å². The summed E-state index contributed by atoms with van der Waals surface area (Å²) in [5.41, 5.74) is 9.04. The number of nitriles is 4. The Balaban J connectivity index is 0.000000141. The van der Waals surface area contributed by atoms with Crippen LogP contribution < -0.4 is 9.80 Å². The fourth-order valence-corrected chi connectivity index (χ4v) is 16.0. The quantitative estimate of drug-likeness (QED) is 0.0310. The summed E-state index contributed by atoms with van der Waals surface area (Å²) in [7, 11) is 0. The van der Waals surface area contributed by atoms with Gasteiger partial charge in [0.05, 0.1) is 142 Å². The molecule has 0 unspecified atom stereocenters. The van der Waals surface area contributed by atoms with E-state index >= 15 is 0 Å². The van der Waals surface area contributed by atoms with Crippen molar-refractivity contribution in [2.24, 2.45) is 0 Å². The first-order valence-corrected chi connectivity index (χ1v) is 46.2. The molecule has 0 aliphatic carbocycles. The van der Waals surface area contributed by atoms with Gasteiger partial charge in [0.25, 0.3) is 17.7 Å². The highest BCUT2D eigenvalue weighted by Gasteiger charge is 2.33. The van der Waals surface area contributed by atoms with E-state index < -0.39 is 46.7 Å². The van der Waals surface area contributed by atoms with Crippen LogP contribution in [0.2, 0.25) is 5.02 Å². The van der Waals surface area contributed by atoms with Crippen LogP contribution in [0.4, 0.5) is 46.5 Å². The number of halogens is 9. The summed E-state index contributed by atoms with van der Waals surface area (Å²) in [6.45, 7) is 4.88. The molecule has 7 aromatic heterocycles. The van der Waals surface area contributed by atoms with Gasteiger partial charge in [0.1, 0.15) is 71.5 Å². The smallest absolute Gasteiger partial charge is 0.416 e. The first-order chi connectivity index (χ1) is 71.8. The number of alkyl halides is 3. The Morgan fingerprint density at radius 1 is 0.412 bits per heavy atom. The van der Waals surface area contributed by atoms with Crippen molar-refractivity contribution < 1.29 is 63.5 Å². The number of furan rings is 1. The molecular weight excluding hydrogens is 1930 g/mol. The zero-order valence-electron chi connectivity index (χ0n) is 78.4. The summed E-state index contributed by atoms with van der Waals surface area (Å²) in [4.78, 5) is 71.4. The zero-order valence-corrected chi connectivity index (χ0v) is 79.2. The summed E-state index contributed by atoms with van der Waals surface area (Å²) in [5.74, 6) is -3.20. The lowest BCUT2D eigenvalue weighted by Crippen LogP contribution is -2.36. The minimum absolute atomic E-state index is 0.0218. The van der Waals surface area contributed by atoms with Gasteiger partial charge >= 0.3 is 6.18 Å². The molecule has 0 bridgehead atoms. The number of carbonyl (C=O) groups excluding carboxylic acids is 4. The van der Waals surface area contributed by atoms with Crippen LogP contribution in [0.1, 0.15) is 127 Å². The van der Waals surface area contributed by atoms with E-state index in [0.29, 0.717) is 124 Å². The van der Waals surface area contributed by atoms with Crippen molar-refractivity contribution in [3.05, 3.63) is 470 Å². The molecule has 0 atom stereocenters. The van der Waals surface area contributed by atoms with Gasteiger partial charge in [0, 0.05) is 88.2 Å². The third-order valence-electron chi connectivity index (χ3n) is 23.5. The third-order valence-corrected chi connectivity index (χ3v) is 23.8. The molecule has 0 radical (unpaired) electrons. The van der Waals surface area contributed by atoms with Crippen LogP contribution in [0.25, 0.3) is 27.9 Å². The Labute approximate surface area is 846 Å². The third kappa shape index (κ3) is 27.1. The van der Waals surface area contributed by atoms with E-state index in [9.17, 15) is 54.3 Å². The molecule has 29 nitrogen and oxygen atoms in total. The van der Waals surface area contributed by atoms with Gasteiger partial charge in [-0.2, -0.15) is 34.2 Å². The summed E-state index contributed by atoms with van der Waals surface area (Å²) in [6, 6.07) is 85.7. The minimum atomic E-state index is -4.79. The number of anilines is 2. The molecule has 738 valence electrons. The lowest BCUT2D eigenvalue weighted by molar-refractivity contribution is -0.137. The number of para-hydroxylation sites is 2. The second-order valence-electron chi connectivity index (χ2n) is 33.7. The molecule has 0 saturated carbocycles. The number of pyridine rings is 2. The van der Waals surface area contributed by atoms with E-state index in [-0.39, 0.29) is 86.8 Å². The van der Waals surface area contributed by atoms with E-state index in [1.165, 1.54) is 29.7 Å². The molecule has 11 aromatic carbocycles. The highest BCUT2D eigenvalue weighted by Crippen LogP contribution is 2.33. The number of fused-ring (bicyclic) bond motifs is 2. The first-order valence-electron chi connectivity index (χ1n) is 45.8. The Kier molecular flexibility index (Phi) is 33.3. The van der Waals surface area contributed by atoms with Crippen LogP contribution in [0, 0.1) is 74.4 Å². The van der Waals surface area contributed by atoms with Gasteiger partial charge in [-0.3, -0.25) is 24.1 Å². The number of ether oxygens (including phenoxy) is 1. The van der Waals surface area contributed by atoms with Crippen molar-refractivity contribution >= 4 is 74.5 Å². The summed E-state index contributed by atoms with van der Waals surface area (Å²) in [6.07, 6.45) is 4.97. The molecular formula is C110H84ClF8N23O6. The van der Waals surface area contributed by atoms with E-state index in [0.717, 1.165) is 116 Å². The molecule has 38 heteroatoms. The van der Waals surface area contributed by atoms with Gasteiger partial charge in [-0.15, -0.1) is 40.8 Å². The summed E-state index contributed by atoms with van der Waals surface area (Å²) >= 11 is 6.06. The number of aromatic nitrogens is 14. The second-order valence-corrected chi connectivity index (χ2v) is 34.1. The Morgan fingerprint density at radius 3 is 1.29 bits per heavy atom. The molecule has 1 aliphatic heterocycles. The van der Waals surface area contributed by atoms with Crippen molar-refractivity contribution in [2.45, 2.75) is 78.2 Å². The van der Waals surface area contributed by atoms with Crippen molar-refractivity contribution in [3.63, 3.8) is 0 Å². The lowest BCUT2D eigenvalue weighted by atomic mass is 10.1. The molecule has 8 heterocycles. The van der Waals surface area contributed by atoms with Crippen LogP contribution >= 0.6 is 11.6 Å². The predicted molar refractivity (Wildman–Crippen MR) is 529 cm³/mol. The molecule has 1 fully saturated rings. The van der Waals surface area contributed by atoms with E-state index in [1.54, 1.807) is 135 Å². The summed E-state index contributed by atoms with van der Waals surface area (Å²) < 4.78 is 127. The number of hydrogen-bond donors (Lipinski definition) is 0. The largest absolute Gasteiger partial charge is 0.467 e. The fraction of sp³-hybridized carbons (Fsp3) is 0.145. The van der Waals surface area contributed by atoms with Crippen LogP contribution in [0.3, 0.4) is 0 Å². The number of nitrogens with zero attached hydrogens (tertiary/aromatic N) is 23. The lowest BCUT2D eigenvalue weighted by Gasteiger charge is -2.29. The normalized spacial score (nSPS) is 11.6. The standard InChI is InChI=1S/C31H27N7O2.C28H19F6N5O.C26H20N6O2.C25H18ClF2N5O/c32-19-23-5-7-24(8-6-23)20-37-22-33-35-30(37)21-38(27-12-10-26(11-13-27)36-15-17-40-18-16-36)31(39)29-14-9-25-3-1-2-4-28(25)34-29;29-23-7-6-21(25(31)12-23)15-38(27(40)8-5-20-9-22(28(32,33)34)11-24(30)10-20)16-26-37-36-17-39(26)14-19-3-1-18(13-35)2-4-19;27-14-19-7-9-20(10-8-19)15-32-18-28-30-25(32)17-31(16-22-5-3-13-34-22)26(33)24-12-11-21-4-1-2-6-23(21)29-24;26-21-3-1-2-19(10-21)25(34)32(14-20-8-9-22(27)11-23(20)28)15-24-31-30-16-33(24)13-18-6-4-17(12-29)5-7-18/h1-14,22H,15-18,20-21H2;1-12,17H,14-16H2;1-13,18H,15-17H2;1-11,16H,13-15H2/b;8-5+;;. The molecule has 1 saturated heterocycles. The number of carbonyl (C=O) groups is 4. The van der Waals surface area contributed by atoms with Crippen LogP contribution in [-0.2, 0) is 87.7 Å². The number of morpholine rings is 1. The number of hydrogen-bond acceptors (Lipinski definition) is 21. The van der Waals surface area contributed by atoms with Crippen LogP contribution in [-0.4, -0.2) is 134 Å². The van der Waals surface area contributed by atoms with Gasteiger partial charge in [-0.1, -0.05) is 127 Å². The summed E-state index contributed by atoms with van der Waals surface area (Å²) in [5, 5.41) is 71.2. The van der Waals surface area contributed by atoms with E-state index in [4.69, 9.17) is 41.8 Å². The minimum Gasteiger partial charge on any atom is -0.467 e. The van der Waals surface area contributed by atoms with Gasteiger partial charge < -0.3 is 47.0 Å². The van der Waals surface area contributed by atoms with Gasteiger partial charge in [-0.25, -0.2) is 31.9 Å². The fourth-order valence-electron chi connectivity index (χ4n) is 15.8. The first kappa shape index (κ1) is 102. The number of amides is 4. The van der Waals surface area contributed by atoms with Gasteiger partial charge in [0.2, 0.25) is 5.91 Å². The van der Waals surface area contributed by atoms with E-state index in [2.05, 4.69) is 73.9 Å². The Bertz CT molecular complexity index is 7950. The maximum Gasteiger partial charge on any atom is 0.416 e. The molecule has 148 heavy (non-hydrogen) atoms. The van der Waals surface area contributed by atoms with Crippen molar-refractivity contribution in [1.82, 2.24) is 83.7 Å². The number of rotatable bonds is 29. The highest BCUT2D eigenvalue weighted by molar-refractivity contribution is 6.31. The Morgan fingerprint density at radius 2 is 0.851 bits per heavy atom. The van der Waals surface area contributed by atoms with Crippen LogP contribution in [0.5, 0.6) is 0 Å². The van der Waals surface area contributed by atoms with Gasteiger partial charge in [0.15, 0.2) is 23.3 Å². The molecule has 4 amide bonds. The molecule has 18 aromatic rings. The average Bonchev–Trinajstić information content (AvgIpc) is 1.37. The number of benzene rings is 11. The van der Waals surface area contributed by atoms with Crippen molar-refractivity contribution in [1.29, 1.82) is 21.0 Å². The van der Waals surface area contributed by atoms with Crippen molar-refractivity contribution in [3.8, 4) is 24.3 Å². The molecule has 0 N–H and O–H groups in total. The van der Waals surface area contributed by atoms with Crippen LogP contribution in [0.15, 0.2) is 327 Å². The average molecular weight is 2010 g/mol. The highest BCUT2D eigenvalue weighted by atomic mass is 35.5. The molecule has 19 rings (SSSR count). The van der Waals surface area contributed by atoms with E-state index in [1.807, 2.05) is 143 Å². The second kappa shape index (κ2) is 48.3. The SMILES string of the molecule is N#Cc1ccc(Cn2cnnc2CN(C(=O)c2ccc3ccccc3n2)c2ccc(N3CCOCC3)cc2)cc1.N#Cc1ccc(Cn2cnnc2CN(Cc2ccc(F)cc2F)C(=O)/C=C/c2cc(F)cc(C(F)(F)F)c2)cc1.N#Cc1ccc(Cn2cnnc2CN(Cc2ccc(F)cc2F)C(=O)c2cccc(Cl)c2)cc1.N#Cc1ccc(Cn2cnnc2CN(Cc2ccco2)C(=O)c2ccc3ccccc3n2)cc1. The van der Waals surface area contributed by atoms with Crippen molar-refractivity contribution in [2.75, 3.05) is 36.1 Å². The Hall–Kier alpha value is -18.9. The monoisotopic (exact) mass is 2010 g/mol. The zero-order chi connectivity index (χ0) is 104. The predicted octanol–water partition coefficient (Wildman–Crippen LogP) is 19.5. The van der Waals surface area contributed by atoms with Gasteiger partial charge in [-0.05, 0) is 192 Å².